The lowest BCUT2D eigenvalue weighted by Crippen LogP contribution is -3.00. The highest BCUT2D eigenvalue weighted by Gasteiger charge is 2.13. The zero-order chi connectivity index (χ0) is 39.0. The highest BCUT2D eigenvalue weighted by Crippen LogP contribution is 2.31. The maximum atomic E-state index is 4.39. The van der Waals surface area contributed by atoms with E-state index in [2.05, 4.69) is 103 Å². The Bertz CT molecular complexity index is 2820. The third-order valence-corrected chi connectivity index (χ3v) is 9.26. The molecule has 14 heteroatoms. The van der Waals surface area contributed by atoms with Gasteiger partial charge in [-0.05, 0) is 47.4 Å². The lowest BCUT2D eigenvalue weighted by molar-refractivity contribution is -0.671. The number of azo groups is 2. The van der Waals surface area contributed by atoms with Gasteiger partial charge in [0.05, 0.1) is 19.6 Å². The molecule has 0 radical (unpaired) electrons. The number of fused-ring (bicyclic) bond motifs is 3. The molecule has 0 saturated carbocycles. The quantitative estimate of drug-likeness (QED) is 0.194. The number of halogens is 2. The van der Waals surface area contributed by atoms with Crippen LogP contribution < -0.4 is 38.5 Å². The molecule has 0 spiro atoms. The number of pyridine rings is 2. The molecule has 0 aliphatic heterocycles. The van der Waals surface area contributed by atoms with Crippen LogP contribution in [0.15, 0.2) is 161 Å². The summed E-state index contributed by atoms with van der Waals surface area (Å²) in [6, 6.07) is 32.7. The molecule has 59 heavy (non-hydrogen) atoms. The van der Waals surface area contributed by atoms with Gasteiger partial charge in [0, 0.05) is 75.6 Å². The van der Waals surface area contributed by atoms with Crippen LogP contribution in [0.1, 0.15) is 24.2 Å². The summed E-state index contributed by atoms with van der Waals surface area (Å²) in [6.45, 7) is 2.01. The van der Waals surface area contributed by atoms with Crippen molar-refractivity contribution in [3.8, 4) is 0 Å². The van der Waals surface area contributed by atoms with E-state index in [1.54, 1.807) is 11.0 Å². The fourth-order valence-corrected chi connectivity index (χ4v) is 6.29. The third kappa shape index (κ3) is 10.8. The first-order valence-corrected chi connectivity index (χ1v) is 18.2. The Morgan fingerprint density at radius 2 is 1.36 bits per heavy atom. The van der Waals surface area contributed by atoms with Crippen LogP contribution >= 0.6 is 0 Å². The van der Waals surface area contributed by atoms with Gasteiger partial charge in [-0.25, -0.2) is 13.7 Å². The number of rotatable bonds is 6. The van der Waals surface area contributed by atoms with Crippen molar-refractivity contribution in [3.05, 3.63) is 157 Å². The predicted octanol–water partition coefficient (Wildman–Crippen LogP) is 3.67. The normalized spacial score (nSPS) is 10.9. The smallest absolute Gasteiger partial charge is 0.403 e. The molecule has 9 rings (SSSR count). The van der Waals surface area contributed by atoms with Crippen molar-refractivity contribution in [2.75, 3.05) is 0 Å². The van der Waals surface area contributed by atoms with Crippen molar-refractivity contribution >= 4 is 67.9 Å². The number of aryl methyl sites for hydroxylation is 6. The summed E-state index contributed by atoms with van der Waals surface area (Å²) in [7, 11) is 9.73. The van der Waals surface area contributed by atoms with Crippen LogP contribution in [0.4, 0.5) is 23.0 Å². The van der Waals surface area contributed by atoms with Gasteiger partial charge in [0.15, 0.2) is 24.8 Å². The van der Waals surface area contributed by atoms with E-state index in [-0.39, 0.29) is 32.2 Å². The zero-order valence-electron chi connectivity index (χ0n) is 33.2. The van der Waals surface area contributed by atoms with Gasteiger partial charge in [-0.3, -0.25) is 0 Å². The standard InChI is InChI=1S/C16H14N2.C15H15N4.C13H15N6.CH4.2ClH/c1-18-10-8-13(9-11-18)6-7-14-12-17-16-5-3-2-4-15(14)16;1-11-15(13-7-3-4-8-14(13)16-11)18-17-12-6-5-9-19(2)10-12;1-17-8-11(10-6-4-5-7-12(10)17)15-16-13-18(2)9-14-19(13)3;;;/h2-12H,1H3;3-10,16H,1-2H3;4-9H,1-3H3;1H4;2*1H/q;2*+1;;;/p-1. The second kappa shape index (κ2) is 20.6. The van der Waals surface area contributed by atoms with Crippen molar-refractivity contribution < 1.29 is 38.5 Å². The van der Waals surface area contributed by atoms with Crippen molar-refractivity contribution in [3.63, 3.8) is 0 Å². The van der Waals surface area contributed by atoms with Crippen LogP contribution in [0.3, 0.4) is 0 Å². The van der Waals surface area contributed by atoms with E-state index < -0.39 is 0 Å². The number of para-hydroxylation sites is 3. The second-order valence-corrected chi connectivity index (χ2v) is 13.5. The van der Waals surface area contributed by atoms with Crippen LogP contribution in [0.5, 0.6) is 0 Å². The van der Waals surface area contributed by atoms with E-state index in [0.29, 0.717) is 5.95 Å². The number of aromatic nitrogens is 8. The monoisotopic (exact) mass is 827 g/mol. The number of nitrogens with one attached hydrogen (secondary N) is 2. The van der Waals surface area contributed by atoms with E-state index in [1.165, 1.54) is 22.0 Å². The Balaban J connectivity index is 0.000000191. The van der Waals surface area contributed by atoms with Gasteiger partial charge in [0.1, 0.15) is 31.2 Å². The van der Waals surface area contributed by atoms with Crippen LogP contribution in [0.25, 0.3) is 44.9 Å². The molecule has 9 aromatic rings. The molecule has 0 aliphatic carbocycles. The van der Waals surface area contributed by atoms with Crippen LogP contribution in [0.2, 0.25) is 0 Å². The minimum Gasteiger partial charge on any atom is -1.00 e. The molecule has 0 bridgehead atoms. The first kappa shape index (κ1) is 44.9. The summed E-state index contributed by atoms with van der Waals surface area (Å²) in [6.07, 6.45) is 18.0. The van der Waals surface area contributed by atoms with Gasteiger partial charge in [-0.2, -0.15) is 0 Å². The molecular formula is C45H49Cl2N12+. The maximum Gasteiger partial charge on any atom is 0.403 e. The number of aromatic amines is 2. The maximum absolute atomic E-state index is 4.39. The number of hydrogen-bond acceptors (Lipinski definition) is 5. The van der Waals surface area contributed by atoms with Crippen molar-refractivity contribution in [1.29, 1.82) is 0 Å². The van der Waals surface area contributed by atoms with Gasteiger partial charge in [0.25, 0.3) is 0 Å². The predicted molar refractivity (Wildman–Crippen MR) is 228 cm³/mol. The van der Waals surface area contributed by atoms with E-state index in [0.717, 1.165) is 44.6 Å². The molecule has 6 heterocycles. The van der Waals surface area contributed by atoms with Gasteiger partial charge in [-0.1, -0.05) is 79.3 Å². The minimum atomic E-state index is 0. The Hall–Kier alpha value is -6.76. The highest BCUT2D eigenvalue weighted by atomic mass is 35.5. The highest BCUT2D eigenvalue weighted by molar-refractivity contribution is 5.93. The van der Waals surface area contributed by atoms with Crippen molar-refractivity contribution in [2.45, 2.75) is 14.4 Å². The molecule has 0 atom stereocenters. The molecule has 12 nitrogen and oxygen atoms in total. The number of H-pyrrole nitrogens is 2. The summed E-state index contributed by atoms with van der Waals surface area (Å²) in [5.74, 6) is 0.702. The van der Waals surface area contributed by atoms with Crippen molar-refractivity contribution in [1.82, 2.24) is 24.3 Å². The minimum absolute atomic E-state index is 0. The van der Waals surface area contributed by atoms with Crippen molar-refractivity contribution in [2.24, 2.45) is 55.7 Å². The van der Waals surface area contributed by atoms with Crippen LogP contribution in [-0.2, 0) is 35.2 Å². The Kier molecular flexibility index (Phi) is 15.7. The zero-order valence-corrected chi connectivity index (χ0v) is 34.7. The molecule has 3 aromatic carbocycles. The average molecular weight is 829 g/mol. The summed E-state index contributed by atoms with van der Waals surface area (Å²) >= 11 is 0. The summed E-state index contributed by atoms with van der Waals surface area (Å²) in [5.41, 5.74) is 9.48. The molecule has 0 aliphatic rings. The number of benzene rings is 3. The van der Waals surface area contributed by atoms with E-state index in [4.69, 9.17) is 0 Å². The number of hydrogen-bond donors (Lipinski definition) is 2. The van der Waals surface area contributed by atoms with Gasteiger partial charge in [0.2, 0.25) is 6.33 Å². The number of nitrogens with zero attached hydrogens (tertiary/aromatic N) is 10. The molecule has 0 unspecified atom stereocenters. The summed E-state index contributed by atoms with van der Waals surface area (Å²) in [4.78, 5) is 6.59. The molecule has 0 amide bonds. The molecule has 0 saturated heterocycles. The van der Waals surface area contributed by atoms with E-state index in [9.17, 15) is 0 Å². The first-order valence-electron chi connectivity index (χ1n) is 18.2. The van der Waals surface area contributed by atoms with E-state index >= 15 is 0 Å². The Labute approximate surface area is 356 Å². The molecule has 6 aromatic heterocycles. The SMILES string of the molecule is C.C[n+]1ccc(C=Cc2c[nH]c3ccccc23)cc1.Cc1[nH]c2ccccc2c1N=Nc1ccc[n+](C)c1.Cn1nc[n+](C)c1N=Nc1cn(C)c2ccccc12.[Cl-].[Cl-]. The lowest BCUT2D eigenvalue weighted by atomic mass is 10.1. The Morgan fingerprint density at radius 3 is 2.07 bits per heavy atom. The van der Waals surface area contributed by atoms with Gasteiger partial charge < -0.3 is 39.3 Å². The molecule has 2 N–H and O–H groups in total. The van der Waals surface area contributed by atoms with Gasteiger partial charge in [-0.15, -0.1) is 14.9 Å². The Morgan fingerprint density at radius 1 is 0.678 bits per heavy atom. The molecule has 302 valence electrons. The lowest BCUT2D eigenvalue weighted by Gasteiger charge is -1.92. The molecule has 0 fully saturated rings. The summed E-state index contributed by atoms with van der Waals surface area (Å²) < 4.78 is 9.55. The fourth-order valence-electron chi connectivity index (χ4n) is 6.29. The largest absolute Gasteiger partial charge is 1.00 e. The summed E-state index contributed by atoms with van der Waals surface area (Å²) in [5, 5.41) is 24.9. The van der Waals surface area contributed by atoms with E-state index in [1.807, 2.05) is 140 Å². The fraction of sp³-hybridized carbons (Fsp3) is 0.156. The second-order valence-electron chi connectivity index (χ2n) is 13.5. The van der Waals surface area contributed by atoms with Crippen LogP contribution in [-0.4, -0.2) is 24.3 Å². The van der Waals surface area contributed by atoms with Gasteiger partial charge >= 0.3 is 5.95 Å². The third-order valence-electron chi connectivity index (χ3n) is 9.26. The molecular weight excluding hydrogens is 779 g/mol. The first-order chi connectivity index (χ1) is 27.2. The topological polar surface area (TPSA) is 115 Å². The average Bonchev–Trinajstić information content (AvgIpc) is 3.96. The van der Waals surface area contributed by atoms with Crippen LogP contribution in [0, 0.1) is 6.92 Å².